The minimum atomic E-state index is -0.0774. The fraction of sp³-hybridized carbons (Fsp3) is 0.900. The summed E-state index contributed by atoms with van der Waals surface area (Å²) in [4.78, 5) is 11.1. The molecule has 0 aromatic rings. The molecule has 0 rings (SSSR count). The van der Waals surface area contributed by atoms with Gasteiger partial charge in [-0.25, -0.2) is 0 Å². The molecule has 1 unspecified atom stereocenters. The zero-order valence-corrected chi connectivity index (χ0v) is 8.71. The van der Waals surface area contributed by atoms with Crippen molar-refractivity contribution in [1.82, 2.24) is 0 Å². The predicted molar refractivity (Wildman–Crippen MR) is 53.4 cm³/mol. The smallest absolute Gasteiger partial charge is 0.306 e. The van der Waals surface area contributed by atoms with E-state index in [4.69, 9.17) is 10.5 Å². The number of nitrogens with two attached hydrogens (primary N) is 1. The third-order valence-electron chi connectivity index (χ3n) is 1.99. The summed E-state index contributed by atoms with van der Waals surface area (Å²) in [6, 6.07) is 0. The topological polar surface area (TPSA) is 52.3 Å². The zero-order chi connectivity index (χ0) is 10.1. The number of hydrogen-bond donors (Lipinski definition) is 1. The van der Waals surface area contributed by atoms with Gasteiger partial charge in [0.15, 0.2) is 0 Å². The van der Waals surface area contributed by atoms with E-state index in [0.29, 0.717) is 13.0 Å². The van der Waals surface area contributed by atoms with Crippen LogP contribution in [0.5, 0.6) is 0 Å². The first-order chi connectivity index (χ1) is 6.20. The number of carbonyl (C=O) groups excluding carboxylic acids is 1. The van der Waals surface area contributed by atoms with Crippen molar-refractivity contribution < 1.29 is 9.53 Å². The second-order valence-electron chi connectivity index (χ2n) is 3.31. The van der Waals surface area contributed by atoms with Gasteiger partial charge in [0.2, 0.25) is 0 Å². The van der Waals surface area contributed by atoms with Crippen LogP contribution < -0.4 is 5.73 Å². The Morgan fingerprint density at radius 3 is 2.62 bits per heavy atom. The van der Waals surface area contributed by atoms with E-state index in [1.807, 2.05) is 13.8 Å². The first-order valence-electron chi connectivity index (χ1n) is 5.10. The van der Waals surface area contributed by atoms with E-state index in [1.54, 1.807) is 0 Å². The standard InChI is InChI=1S/C10H21NO2/c1-3-9(2)13-10(12)7-5-4-6-8-11/h9H,3-8,11H2,1-2H3. The molecule has 1 atom stereocenters. The van der Waals surface area contributed by atoms with Gasteiger partial charge in [0.05, 0.1) is 6.10 Å². The van der Waals surface area contributed by atoms with E-state index < -0.39 is 0 Å². The molecule has 0 aromatic carbocycles. The molecule has 3 nitrogen and oxygen atoms in total. The van der Waals surface area contributed by atoms with Crippen molar-refractivity contribution in [1.29, 1.82) is 0 Å². The molecule has 0 bridgehead atoms. The summed E-state index contributed by atoms with van der Waals surface area (Å²) in [5, 5.41) is 0. The van der Waals surface area contributed by atoms with Crippen molar-refractivity contribution >= 4 is 5.97 Å². The van der Waals surface area contributed by atoms with Crippen LogP contribution in [0.2, 0.25) is 0 Å². The summed E-state index contributed by atoms with van der Waals surface area (Å²) in [5.74, 6) is -0.0774. The van der Waals surface area contributed by atoms with Crippen LogP contribution in [0, 0.1) is 0 Å². The quantitative estimate of drug-likeness (QED) is 0.489. The molecular weight excluding hydrogens is 166 g/mol. The Hall–Kier alpha value is -0.570. The molecule has 2 N–H and O–H groups in total. The second-order valence-corrected chi connectivity index (χ2v) is 3.31. The average molecular weight is 187 g/mol. The lowest BCUT2D eigenvalue weighted by Crippen LogP contribution is -2.13. The predicted octanol–water partition coefficient (Wildman–Crippen LogP) is 1.85. The Kier molecular flexibility index (Phi) is 7.69. The maximum absolute atomic E-state index is 11.1. The van der Waals surface area contributed by atoms with E-state index in [2.05, 4.69) is 0 Å². The highest BCUT2D eigenvalue weighted by atomic mass is 16.5. The van der Waals surface area contributed by atoms with Gasteiger partial charge in [-0.2, -0.15) is 0 Å². The number of ether oxygens (including phenoxy) is 1. The number of esters is 1. The fourth-order valence-electron chi connectivity index (χ4n) is 0.957. The third kappa shape index (κ3) is 7.78. The number of rotatable bonds is 7. The van der Waals surface area contributed by atoms with Gasteiger partial charge >= 0.3 is 5.97 Å². The van der Waals surface area contributed by atoms with Crippen LogP contribution in [0.15, 0.2) is 0 Å². The van der Waals surface area contributed by atoms with Crippen molar-refractivity contribution in [2.24, 2.45) is 5.73 Å². The van der Waals surface area contributed by atoms with Crippen LogP contribution in [0.1, 0.15) is 46.0 Å². The SMILES string of the molecule is CCC(C)OC(=O)CCCCCN. The molecule has 0 aliphatic heterocycles. The molecule has 0 fully saturated rings. The van der Waals surface area contributed by atoms with E-state index in [1.165, 1.54) is 0 Å². The van der Waals surface area contributed by atoms with Gasteiger partial charge in [0.1, 0.15) is 0 Å². The number of unbranched alkanes of at least 4 members (excludes halogenated alkanes) is 2. The molecule has 0 saturated carbocycles. The Morgan fingerprint density at radius 1 is 1.38 bits per heavy atom. The Bertz CT molecular complexity index is 137. The fourth-order valence-corrected chi connectivity index (χ4v) is 0.957. The van der Waals surface area contributed by atoms with Crippen molar-refractivity contribution in [3.05, 3.63) is 0 Å². The van der Waals surface area contributed by atoms with Crippen LogP contribution in [-0.4, -0.2) is 18.6 Å². The third-order valence-corrected chi connectivity index (χ3v) is 1.99. The maximum atomic E-state index is 11.1. The van der Waals surface area contributed by atoms with Crippen molar-refractivity contribution in [3.63, 3.8) is 0 Å². The molecule has 78 valence electrons. The van der Waals surface area contributed by atoms with Crippen LogP contribution >= 0.6 is 0 Å². The van der Waals surface area contributed by atoms with E-state index >= 15 is 0 Å². The zero-order valence-electron chi connectivity index (χ0n) is 8.71. The van der Waals surface area contributed by atoms with Crippen molar-refractivity contribution in [2.75, 3.05) is 6.54 Å². The second kappa shape index (κ2) is 8.05. The first kappa shape index (κ1) is 12.4. The lowest BCUT2D eigenvalue weighted by Gasteiger charge is -2.10. The molecule has 3 heteroatoms. The molecule has 0 aliphatic carbocycles. The Labute approximate surface area is 80.6 Å². The highest BCUT2D eigenvalue weighted by molar-refractivity contribution is 5.69. The Balaban J connectivity index is 3.30. The van der Waals surface area contributed by atoms with Crippen molar-refractivity contribution in [3.8, 4) is 0 Å². The molecule has 0 aromatic heterocycles. The number of hydrogen-bond acceptors (Lipinski definition) is 3. The molecule has 0 spiro atoms. The highest BCUT2D eigenvalue weighted by Crippen LogP contribution is 2.03. The van der Waals surface area contributed by atoms with Gasteiger partial charge in [-0.05, 0) is 32.7 Å². The minimum Gasteiger partial charge on any atom is -0.463 e. The lowest BCUT2D eigenvalue weighted by molar-refractivity contribution is -0.148. The van der Waals surface area contributed by atoms with E-state index in [0.717, 1.165) is 25.7 Å². The minimum absolute atomic E-state index is 0.0574. The van der Waals surface area contributed by atoms with Gasteiger partial charge in [0, 0.05) is 6.42 Å². The number of carbonyl (C=O) groups is 1. The molecule has 0 amide bonds. The van der Waals surface area contributed by atoms with E-state index in [9.17, 15) is 4.79 Å². The average Bonchev–Trinajstić information content (AvgIpc) is 2.12. The summed E-state index contributed by atoms with van der Waals surface area (Å²) in [6.45, 7) is 4.63. The summed E-state index contributed by atoms with van der Waals surface area (Å²) in [5.41, 5.74) is 5.33. The summed E-state index contributed by atoms with van der Waals surface area (Å²) < 4.78 is 5.11. The van der Waals surface area contributed by atoms with Gasteiger partial charge in [-0.15, -0.1) is 0 Å². The maximum Gasteiger partial charge on any atom is 0.306 e. The van der Waals surface area contributed by atoms with Crippen LogP contribution in [0.25, 0.3) is 0 Å². The molecular formula is C10H21NO2. The van der Waals surface area contributed by atoms with Gasteiger partial charge < -0.3 is 10.5 Å². The van der Waals surface area contributed by atoms with Gasteiger partial charge in [-0.1, -0.05) is 13.3 Å². The summed E-state index contributed by atoms with van der Waals surface area (Å²) in [6.07, 6.45) is 4.38. The van der Waals surface area contributed by atoms with Crippen LogP contribution in [-0.2, 0) is 9.53 Å². The Morgan fingerprint density at radius 2 is 2.08 bits per heavy atom. The van der Waals surface area contributed by atoms with Crippen LogP contribution in [0.3, 0.4) is 0 Å². The first-order valence-corrected chi connectivity index (χ1v) is 5.10. The highest BCUT2D eigenvalue weighted by Gasteiger charge is 2.06. The van der Waals surface area contributed by atoms with E-state index in [-0.39, 0.29) is 12.1 Å². The molecule has 13 heavy (non-hydrogen) atoms. The molecule has 0 heterocycles. The summed E-state index contributed by atoms with van der Waals surface area (Å²) in [7, 11) is 0. The monoisotopic (exact) mass is 187 g/mol. The van der Waals surface area contributed by atoms with Crippen LogP contribution in [0.4, 0.5) is 0 Å². The lowest BCUT2D eigenvalue weighted by atomic mass is 10.2. The normalized spacial score (nSPS) is 12.5. The summed E-state index contributed by atoms with van der Waals surface area (Å²) >= 11 is 0. The largest absolute Gasteiger partial charge is 0.463 e. The molecule has 0 saturated heterocycles. The van der Waals surface area contributed by atoms with Crippen molar-refractivity contribution in [2.45, 2.75) is 52.1 Å². The molecule has 0 aliphatic rings. The molecule has 0 radical (unpaired) electrons. The van der Waals surface area contributed by atoms with Gasteiger partial charge in [0.25, 0.3) is 0 Å². The van der Waals surface area contributed by atoms with Gasteiger partial charge in [-0.3, -0.25) is 4.79 Å².